The number of hydrogen-bond acceptors (Lipinski definition) is 12. The van der Waals surface area contributed by atoms with Gasteiger partial charge in [-0.05, 0) is 138 Å². The summed E-state index contributed by atoms with van der Waals surface area (Å²) in [5.74, 6) is -7.36. The van der Waals surface area contributed by atoms with Gasteiger partial charge < -0.3 is 63.0 Å². The molecule has 22 heteroatoms. The molecule has 10 N–H and O–H groups in total. The van der Waals surface area contributed by atoms with Gasteiger partial charge in [0.1, 0.15) is 60.4 Å². The van der Waals surface area contributed by atoms with E-state index in [2.05, 4.69) is 53.2 Å². The summed E-state index contributed by atoms with van der Waals surface area (Å²) in [6.07, 6.45) is 4.64. The lowest BCUT2D eigenvalue weighted by Gasteiger charge is -2.33. The number of fused-ring (bicyclic) bond motifs is 15. The molecular formula is C64H98N12O10. The molecule has 0 radical (unpaired) electrons. The Hall–Kier alpha value is -6.94. The molecule has 4 fully saturated rings. The molecule has 4 aliphatic heterocycles. The van der Waals surface area contributed by atoms with E-state index in [4.69, 9.17) is 0 Å². The highest BCUT2D eigenvalue weighted by Crippen LogP contribution is 2.24. The first-order chi connectivity index (χ1) is 41.1. The quantitative estimate of drug-likeness (QED) is 0.164. The third-order valence-corrected chi connectivity index (χ3v) is 16.6. The fourth-order valence-electron chi connectivity index (χ4n) is 11.8. The molecule has 2 bridgehead atoms. The van der Waals surface area contributed by atoms with Gasteiger partial charge in [-0.1, -0.05) is 116 Å². The molecule has 86 heavy (non-hydrogen) atoms. The van der Waals surface area contributed by atoms with Gasteiger partial charge in [-0.15, -0.1) is 0 Å². The summed E-state index contributed by atoms with van der Waals surface area (Å²) in [6, 6.07) is 6.71. The minimum Gasteiger partial charge on any atom is -0.343 e. The zero-order chi connectivity index (χ0) is 62.5. The lowest BCUT2D eigenvalue weighted by Crippen LogP contribution is -2.62. The van der Waals surface area contributed by atoms with E-state index in [1.165, 1.54) is 9.80 Å². The Balaban J connectivity index is 1.45. The van der Waals surface area contributed by atoms with Gasteiger partial charge in [-0.2, -0.15) is 0 Å². The second-order valence-electron chi connectivity index (χ2n) is 25.3. The summed E-state index contributed by atoms with van der Waals surface area (Å²) >= 11 is 0. The van der Waals surface area contributed by atoms with Crippen LogP contribution in [0.3, 0.4) is 0 Å². The van der Waals surface area contributed by atoms with Crippen LogP contribution in [0.1, 0.15) is 144 Å². The van der Waals surface area contributed by atoms with Crippen LogP contribution in [-0.4, -0.2) is 169 Å². The maximum Gasteiger partial charge on any atom is 0.246 e. The number of benzene rings is 2. The maximum atomic E-state index is 15.0. The van der Waals surface area contributed by atoms with Gasteiger partial charge >= 0.3 is 0 Å². The zero-order valence-electron chi connectivity index (χ0n) is 52.0. The van der Waals surface area contributed by atoms with Crippen molar-refractivity contribution in [1.29, 1.82) is 0 Å². The van der Waals surface area contributed by atoms with Crippen molar-refractivity contribution < 1.29 is 47.9 Å². The third-order valence-electron chi connectivity index (χ3n) is 16.6. The number of rotatable bonds is 10. The van der Waals surface area contributed by atoms with Crippen LogP contribution < -0.4 is 53.2 Å². The van der Waals surface area contributed by atoms with Gasteiger partial charge in [0.25, 0.3) is 0 Å². The second-order valence-corrected chi connectivity index (χ2v) is 25.3. The average Bonchev–Trinajstić information content (AvgIpc) is 2.19. The van der Waals surface area contributed by atoms with Crippen molar-refractivity contribution in [2.75, 3.05) is 39.3 Å². The Morgan fingerprint density at radius 2 is 0.721 bits per heavy atom. The third kappa shape index (κ3) is 20.3. The zero-order valence-corrected chi connectivity index (χ0v) is 52.0. The number of nitrogens with zero attached hydrogens (tertiary/aromatic N) is 2. The van der Waals surface area contributed by atoms with Crippen molar-refractivity contribution in [3.8, 4) is 0 Å². The second kappa shape index (κ2) is 33.8. The molecule has 4 aliphatic rings. The molecule has 2 aromatic carbocycles. The van der Waals surface area contributed by atoms with E-state index in [0.717, 1.165) is 24.0 Å². The molecule has 10 atom stereocenters. The van der Waals surface area contributed by atoms with Gasteiger partial charge in [0, 0.05) is 25.9 Å². The van der Waals surface area contributed by atoms with Crippen LogP contribution in [0.2, 0.25) is 0 Å². The standard InChI is InChI=1S/C64H98N12O10/c1-39(2)35-47-57(79)71-49(37-43-21-11-9-12-22-43)63(85)75-33-19-27-51(75)59(81)74-54(42(7)8)62(84)68-46-26-18-32-66-30-16-15-29-65-31-17-25-45(55(77)69-47)67-61(83)53(41(5)6)73-60(82)52-28-20-34-76(52)64(86)50(38-44-23-13-10-14-24-44)72-58(80)48(36-40(3)4)70-56(46)78/h9-14,21-24,39-42,45-54,65-66H,15-20,25-38H2,1-8H3,(H,67,83)(H,68,84)(H,69,77)(H,70,78)(H,71,79)(H,72,80)(H,73,82)(H,74,81)/t45-,46-,47-,48-,49+,50+,51-,52-,53-,54?/m0/s1. The SMILES string of the molecule is CC(C)C[C@@H]1NC(=O)[C@@H]2CCCNCCCCNCCC[C@H](NC(=O)C(C(C)C)NC(=O)[C@@H]3CCCN3C(=O)[C@@H](Cc3ccccc3)NC1=O)C(=O)N[C@@H](CC(C)C)C(=O)N[C@H](Cc1ccccc1)C(=O)N1CCC[C@H]1C(=O)N[C@@H](C(C)C)C(=O)N2. The highest BCUT2D eigenvalue weighted by molar-refractivity contribution is 6.00. The monoisotopic (exact) mass is 1190 g/mol. The van der Waals surface area contributed by atoms with Crippen molar-refractivity contribution >= 4 is 59.1 Å². The Labute approximate surface area is 508 Å². The molecule has 0 aliphatic carbocycles. The summed E-state index contributed by atoms with van der Waals surface area (Å²) in [7, 11) is 0. The van der Waals surface area contributed by atoms with E-state index in [0.29, 0.717) is 51.9 Å². The molecule has 2 aromatic rings. The van der Waals surface area contributed by atoms with Crippen LogP contribution in [0.5, 0.6) is 0 Å². The Morgan fingerprint density at radius 1 is 0.372 bits per heavy atom. The molecule has 0 saturated carbocycles. The molecular weight excluding hydrogens is 1100 g/mol. The molecule has 4 heterocycles. The predicted octanol–water partition coefficient (Wildman–Crippen LogP) is 2.28. The molecule has 22 nitrogen and oxygen atoms in total. The van der Waals surface area contributed by atoms with Gasteiger partial charge in [-0.3, -0.25) is 47.9 Å². The van der Waals surface area contributed by atoms with E-state index in [1.54, 1.807) is 27.7 Å². The van der Waals surface area contributed by atoms with Crippen LogP contribution in [0.4, 0.5) is 0 Å². The Kier molecular flexibility index (Phi) is 26.8. The minimum absolute atomic E-state index is 0.0450. The number of carbonyl (C=O) groups excluding carboxylic acids is 10. The molecule has 474 valence electrons. The predicted molar refractivity (Wildman–Crippen MR) is 327 cm³/mol. The van der Waals surface area contributed by atoms with Gasteiger partial charge in [0.05, 0.1) is 0 Å². The first kappa shape index (κ1) is 68.2. The van der Waals surface area contributed by atoms with Crippen molar-refractivity contribution in [2.45, 2.75) is 206 Å². The Morgan fingerprint density at radius 3 is 1.07 bits per heavy atom. The number of carbonyl (C=O) groups is 10. The van der Waals surface area contributed by atoms with Gasteiger partial charge in [0.15, 0.2) is 0 Å². The van der Waals surface area contributed by atoms with Crippen molar-refractivity contribution in [1.82, 2.24) is 63.0 Å². The van der Waals surface area contributed by atoms with E-state index in [9.17, 15) is 38.4 Å². The highest BCUT2D eigenvalue weighted by Gasteiger charge is 2.43. The van der Waals surface area contributed by atoms with E-state index >= 15 is 9.59 Å². The lowest BCUT2D eigenvalue weighted by molar-refractivity contribution is -0.143. The van der Waals surface area contributed by atoms with Crippen molar-refractivity contribution in [3.63, 3.8) is 0 Å². The van der Waals surface area contributed by atoms with Crippen LogP contribution in [0.15, 0.2) is 60.7 Å². The molecule has 4 saturated heterocycles. The fraction of sp³-hybridized carbons (Fsp3) is 0.656. The summed E-state index contributed by atoms with van der Waals surface area (Å²) in [5, 5.41) is 30.3. The van der Waals surface area contributed by atoms with Crippen molar-refractivity contribution in [3.05, 3.63) is 71.8 Å². The summed E-state index contributed by atoms with van der Waals surface area (Å²) < 4.78 is 0. The number of nitrogens with one attached hydrogen (secondary N) is 10. The van der Waals surface area contributed by atoms with Crippen molar-refractivity contribution in [2.24, 2.45) is 23.7 Å². The minimum atomic E-state index is -1.20. The van der Waals surface area contributed by atoms with E-state index < -0.39 is 131 Å². The fourth-order valence-corrected chi connectivity index (χ4v) is 11.8. The average molecular weight is 1200 g/mol. The molecule has 0 spiro atoms. The Bertz CT molecular complexity index is 2430. The first-order valence-electron chi connectivity index (χ1n) is 31.6. The van der Waals surface area contributed by atoms with Gasteiger partial charge in [-0.25, -0.2) is 0 Å². The van der Waals surface area contributed by atoms with Gasteiger partial charge in [0.2, 0.25) is 59.1 Å². The summed E-state index contributed by atoms with van der Waals surface area (Å²) in [4.78, 5) is 151. The van der Waals surface area contributed by atoms with E-state index in [1.807, 2.05) is 88.4 Å². The first-order valence-corrected chi connectivity index (χ1v) is 31.6. The number of amides is 10. The maximum absolute atomic E-state index is 15.0. The van der Waals surface area contributed by atoms with Crippen LogP contribution in [-0.2, 0) is 60.8 Å². The normalized spacial score (nSPS) is 27.8. The van der Waals surface area contributed by atoms with Crippen LogP contribution in [0.25, 0.3) is 0 Å². The van der Waals surface area contributed by atoms with E-state index in [-0.39, 0.29) is 76.3 Å². The molecule has 1 unspecified atom stereocenters. The summed E-state index contributed by atoms with van der Waals surface area (Å²) in [6.45, 7) is 17.3. The highest BCUT2D eigenvalue weighted by atomic mass is 16.2. The van der Waals surface area contributed by atoms with Crippen LogP contribution >= 0.6 is 0 Å². The molecule has 10 amide bonds. The summed E-state index contributed by atoms with van der Waals surface area (Å²) in [5.41, 5.74) is 1.45. The lowest BCUT2D eigenvalue weighted by atomic mass is 9.98. The van der Waals surface area contributed by atoms with Crippen LogP contribution in [0, 0.1) is 23.7 Å². The molecule has 6 rings (SSSR count). The smallest absolute Gasteiger partial charge is 0.246 e. The topological polar surface area (TPSA) is 297 Å². The molecule has 0 aromatic heterocycles. The number of hydrogen-bond donors (Lipinski definition) is 10. The largest absolute Gasteiger partial charge is 0.343 e.